The van der Waals surface area contributed by atoms with Gasteiger partial charge in [0.05, 0.1) is 25.2 Å². The molecule has 6 rings (SSSR count). The van der Waals surface area contributed by atoms with Crippen molar-refractivity contribution in [3.05, 3.63) is 23.3 Å². The molecule has 2 N–H and O–H groups in total. The largest absolute Gasteiger partial charge is 0.465 e. The number of esters is 1. The van der Waals surface area contributed by atoms with Crippen LogP contribution in [0, 0.1) is 11.8 Å². The quantitative estimate of drug-likeness (QED) is 0.614. The molecule has 5 aliphatic rings. The number of ether oxygens (including phenoxy) is 7. The number of aliphatic hydroxyl groups excluding tert-OH is 2. The van der Waals surface area contributed by atoms with Crippen molar-refractivity contribution in [1.82, 2.24) is 0 Å². The van der Waals surface area contributed by atoms with E-state index in [2.05, 4.69) is 0 Å². The van der Waals surface area contributed by atoms with Crippen LogP contribution in [-0.4, -0.2) is 73.2 Å². The number of hydrogen-bond acceptors (Lipinski definition) is 10. The lowest BCUT2D eigenvalue weighted by Gasteiger charge is -2.47. The number of hydrogen-bond donors (Lipinski definition) is 2. The number of fused-ring (bicyclic) bond motifs is 4. The number of carbonyl (C=O) groups excluding carboxylic acids is 1. The maximum Gasteiger partial charge on any atom is 0.309 e. The van der Waals surface area contributed by atoms with E-state index in [-0.39, 0.29) is 37.8 Å². The van der Waals surface area contributed by atoms with Crippen LogP contribution in [0.3, 0.4) is 0 Å². The molecule has 8 unspecified atom stereocenters. The van der Waals surface area contributed by atoms with E-state index < -0.39 is 43.1 Å². The van der Waals surface area contributed by atoms with E-state index in [9.17, 15) is 15.0 Å². The fraction of sp³-hybridized carbons (Fsp3) is 0.667. The van der Waals surface area contributed by atoms with Crippen molar-refractivity contribution in [2.75, 3.05) is 20.0 Å². The minimum atomic E-state index is -1.33. The van der Waals surface area contributed by atoms with Crippen molar-refractivity contribution in [3.63, 3.8) is 0 Å². The minimum absolute atomic E-state index is 0.136. The molecule has 31 heavy (non-hydrogen) atoms. The summed E-state index contributed by atoms with van der Waals surface area (Å²) < 4.78 is 39.6. The van der Waals surface area contributed by atoms with Crippen LogP contribution in [0.2, 0.25) is 0 Å². The van der Waals surface area contributed by atoms with Gasteiger partial charge in [0.2, 0.25) is 6.79 Å². The number of rotatable bonds is 2. The van der Waals surface area contributed by atoms with Gasteiger partial charge in [-0.1, -0.05) is 0 Å². The third kappa shape index (κ3) is 3.12. The number of carbonyl (C=O) groups is 1. The summed E-state index contributed by atoms with van der Waals surface area (Å²) in [7, 11) is 0. The molecule has 1 aliphatic carbocycles. The highest BCUT2D eigenvalue weighted by Gasteiger charge is 2.52. The first-order valence-electron chi connectivity index (χ1n) is 10.5. The zero-order valence-electron chi connectivity index (χ0n) is 16.8. The molecule has 0 spiro atoms. The lowest BCUT2D eigenvalue weighted by molar-refractivity contribution is -0.364. The Bertz CT molecular complexity index is 887. The zero-order chi connectivity index (χ0) is 21.3. The van der Waals surface area contributed by atoms with Gasteiger partial charge in [-0.05, 0) is 36.6 Å². The van der Waals surface area contributed by atoms with Gasteiger partial charge in [-0.2, -0.15) is 0 Å². The molecule has 10 nitrogen and oxygen atoms in total. The average molecular weight is 436 g/mol. The normalized spacial score (nSPS) is 43.1. The van der Waals surface area contributed by atoms with Gasteiger partial charge in [0.25, 0.3) is 0 Å². The minimum Gasteiger partial charge on any atom is -0.465 e. The van der Waals surface area contributed by atoms with Gasteiger partial charge in [-0.25, -0.2) is 0 Å². The van der Waals surface area contributed by atoms with Crippen molar-refractivity contribution in [2.45, 2.75) is 56.4 Å². The van der Waals surface area contributed by atoms with E-state index in [1.165, 1.54) is 0 Å². The molecule has 0 saturated carbocycles. The molecule has 4 heterocycles. The standard InChI is InChI=1S/C21H24O10/c1-8-25-6-15-19(29-8)16(22)17(23)21(30-15)31-18-10-4-14-13(27-7-28-14)3-9(10)2-11-12(18)5-26-20(11)24/h3-4,8,11-12,15-19,21-23H,2,5-7H2,1H3/t8?,11-,12?,15?,16?,17?,18?,19?,21?/m1/s1. The Morgan fingerprint density at radius 3 is 2.68 bits per heavy atom. The van der Waals surface area contributed by atoms with Crippen LogP contribution < -0.4 is 9.47 Å². The molecule has 3 fully saturated rings. The Hall–Kier alpha value is -1.95. The highest BCUT2D eigenvalue weighted by atomic mass is 16.8. The summed E-state index contributed by atoms with van der Waals surface area (Å²) in [6, 6.07) is 3.72. The van der Waals surface area contributed by atoms with Crippen LogP contribution in [0.4, 0.5) is 0 Å². The Morgan fingerprint density at radius 1 is 1.03 bits per heavy atom. The number of cyclic esters (lactones) is 1. The van der Waals surface area contributed by atoms with Crippen LogP contribution in [0.25, 0.3) is 0 Å². The van der Waals surface area contributed by atoms with Crippen molar-refractivity contribution >= 4 is 5.97 Å². The molecule has 0 aromatic heterocycles. The molecule has 1 aromatic carbocycles. The number of benzene rings is 1. The first-order chi connectivity index (χ1) is 15.0. The lowest BCUT2D eigenvalue weighted by atomic mass is 9.75. The predicted molar refractivity (Wildman–Crippen MR) is 99.0 cm³/mol. The molecule has 168 valence electrons. The Morgan fingerprint density at radius 2 is 1.84 bits per heavy atom. The second-order valence-corrected chi connectivity index (χ2v) is 8.59. The molecular formula is C21H24O10. The molecular weight excluding hydrogens is 412 g/mol. The lowest BCUT2D eigenvalue weighted by Crippen LogP contribution is -2.63. The molecule has 4 aliphatic heterocycles. The number of aliphatic hydroxyl groups is 2. The van der Waals surface area contributed by atoms with Crippen LogP contribution in [0.1, 0.15) is 24.2 Å². The van der Waals surface area contributed by atoms with Crippen molar-refractivity contribution in [1.29, 1.82) is 0 Å². The van der Waals surface area contributed by atoms with Gasteiger partial charge in [0.15, 0.2) is 24.1 Å². The first-order valence-corrected chi connectivity index (χ1v) is 10.5. The van der Waals surface area contributed by atoms with Crippen LogP contribution in [0.5, 0.6) is 11.5 Å². The van der Waals surface area contributed by atoms with E-state index in [1.807, 2.05) is 12.1 Å². The third-order valence-corrected chi connectivity index (χ3v) is 6.77. The molecule has 0 amide bonds. The zero-order valence-corrected chi connectivity index (χ0v) is 16.8. The average Bonchev–Trinajstić information content (AvgIpc) is 3.37. The second-order valence-electron chi connectivity index (χ2n) is 8.59. The molecule has 10 heteroatoms. The van der Waals surface area contributed by atoms with E-state index >= 15 is 0 Å². The van der Waals surface area contributed by atoms with Gasteiger partial charge in [0.1, 0.15) is 24.4 Å². The summed E-state index contributed by atoms with van der Waals surface area (Å²) in [6.45, 7) is 2.28. The van der Waals surface area contributed by atoms with Crippen molar-refractivity contribution in [2.24, 2.45) is 11.8 Å². The van der Waals surface area contributed by atoms with Gasteiger partial charge in [-0.3, -0.25) is 4.79 Å². The van der Waals surface area contributed by atoms with Crippen LogP contribution in [-0.2, 0) is 34.9 Å². The topological polar surface area (TPSA) is 122 Å². The molecule has 1 aromatic rings. The first kappa shape index (κ1) is 19.7. The predicted octanol–water partition coefficient (Wildman–Crippen LogP) is 0.0264. The Balaban J connectivity index is 1.31. The van der Waals surface area contributed by atoms with Crippen molar-refractivity contribution < 1.29 is 48.2 Å². The van der Waals surface area contributed by atoms with Crippen LogP contribution >= 0.6 is 0 Å². The summed E-state index contributed by atoms with van der Waals surface area (Å²) >= 11 is 0. The Kier molecular flexibility index (Phi) is 4.64. The summed E-state index contributed by atoms with van der Waals surface area (Å²) in [5, 5.41) is 21.4. The fourth-order valence-corrected chi connectivity index (χ4v) is 5.15. The summed E-state index contributed by atoms with van der Waals surface area (Å²) in [6.07, 6.45) is -5.55. The molecule has 9 atom stereocenters. The van der Waals surface area contributed by atoms with E-state index in [0.717, 1.165) is 11.1 Å². The maximum absolute atomic E-state index is 12.3. The van der Waals surface area contributed by atoms with Gasteiger partial charge >= 0.3 is 5.97 Å². The highest BCUT2D eigenvalue weighted by molar-refractivity contribution is 5.76. The molecule has 0 bridgehead atoms. The monoisotopic (exact) mass is 436 g/mol. The fourth-order valence-electron chi connectivity index (χ4n) is 5.15. The van der Waals surface area contributed by atoms with E-state index in [0.29, 0.717) is 17.9 Å². The van der Waals surface area contributed by atoms with E-state index in [4.69, 9.17) is 33.2 Å². The Labute approximate surface area is 177 Å². The van der Waals surface area contributed by atoms with Gasteiger partial charge < -0.3 is 43.4 Å². The molecule has 0 radical (unpaired) electrons. The smallest absolute Gasteiger partial charge is 0.309 e. The van der Waals surface area contributed by atoms with Crippen LogP contribution in [0.15, 0.2) is 12.1 Å². The van der Waals surface area contributed by atoms with Crippen molar-refractivity contribution in [3.8, 4) is 11.5 Å². The molecule has 3 saturated heterocycles. The highest BCUT2D eigenvalue weighted by Crippen LogP contribution is 2.49. The SMILES string of the molecule is CC1OCC2OC(OC3c4cc5c(cc4C[C@H]4C(=O)OCC34)OCO5)C(O)C(O)C2O1. The van der Waals surface area contributed by atoms with E-state index in [1.54, 1.807) is 6.92 Å². The summed E-state index contributed by atoms with van der Waals surface area (Å²) in [5.74, 6) is 0.350. The third-order valence-electron chi connectivity index (χ3n) is 6.77. The second kappa shape index (κ2) is 7.29. The summed E-state index contributed by atoms with van der Waals surface area (Å²) in [4.78, 5) is 12.3. The van der Waals surface area contributed by atoms with Gasteiger partial charge in [-0.15, -0.1) is 0 Å². The van der Waals surface area contributed by atoms with Gasteiger partial charge in [0, 0.05) is 5.92 Å². The maximum atomic E-state index is 12.3. The summed E-state index contributed by atoms with van der Waals surface area (Å²) in [5.41, 5.74) is 1.73.